The predicted molar refractivity (Wildman–Crippen MR) is 145 cm³/mol. The van der Waals surface area contributed by atoms with E-state index in [0.717, 1.165) is 16.7 Å². The van der Waals surface area contributed by atoms with Crippen molar-refractivity contribution in [2.24, 2.45) is 0 Å². The summed E-state index contributed by atoms with van der Waals surface area (Å²) in [5.74, 6) is -0.861. The summed E-state index contributed by atoms with van der Waals surface area (Å²) >= 11 is 0. The van der Waals surface area contributed by atoms with Crippen LogP contribution >= 0.6 is 0 Å². The van der Waals surface area contributed by atoms with Crippen molar-refractivity contribution in [3.05, 3.63) is 94.1 Å². The number of amides is 1. The smallest absolute Gasteiger partial charge is 0.300 e. The minimum Gasteiger partial charge on any atom is -0.507 e. The van der Waals surface area contributed by atoms with Crippen LogP contribution in [0, 0.1) is 13.8 Å². The van der Waals surface area contributed by atoms with Crippen molar-refractivity contribution >= 4 is 23.1 Å². The number of aliphatic hydroxyl groups excluding tert-OH is 1. The van der Waals surface area contributed by atoms with Crippen LogP contribution in [0.15, 0.2) is 66.2 Å². The molecule has 192 valence electrons. The summed E-state index contributed by atoms with van der Waals surface area (Å²) in [7, 11) is 3.05. The second-order valence-electron chi connectivity index (χ2n) is 10.4. The lowest BCUT2D eigenvalue weighted by molar-refractivity contribution is -0.132. The number of para-hydroxylation sites is 1. The molecule has 1 aliphatic rings. The summed E-state index contributed by atoms with van der Waals surface area (Å²) in [4.78, 5) is 28.7. The molecule has 1 amide bonds. The molecular weight excluding hydrogens is 466 g/mol. The van der Waals surface area contributed by atoms with Gasteiger partial charge in [-0.3, -0.25) is 14.5 Å². The number of methoxy groups -OCH3 is 2. The molecule has 1 saturated heterocycles. The number of benzene rings is 3. The first-order valence-corrected chi connectivity index (χ1v) is 12.2. The van der Waals surface area contributed by atoms with Crippen LogP contribution in [0.25, 0.3) is 5.76 Å². The number of rotatable bonds is 5. The minimum absolute atomic E-state index is 0.0157. The SMILES string of the molecule is COc1ccc(C(C)(C)C)cc1/C(O)=C1\C(=O)C(=O)N(c2cc(C)cc(C)c2)C1c1ccccc1OC. The number of hydrogen-bond donors (Lipinski definition) is 1. The Balaban J connectivity index is 2.05. The normalized spacial score (nSPS) is 17.3. The van der Waals surface area contributed by atoms with E-state index in [4.69, 9.17) is 9.47 Å². The first-order chi connectivity index (χ1) is 17.5. The van der Waals surface area contributed by atoms with E-state index < -0.39 is 17.7 Å². The van der Waals surface area contributed by atoms with Crippen LogP contribution in [0.3, 0.4) is 0 Å². The van der Waals surface area contributed by atoms with Gasteiger partial charge >= 0.3 is 0 Å². The maximum Gasteiger partial charge on any atom is 0.300 e. The molecule has 0 bridgehead atoms. The fourth-order valence-corrected chi connectivity index (χ4v) is 4.88. The summed E-state index contributed by atoms with van der Waals surface area (Å²) < 4.78 is 11.2. The zero-order valence-corrected chi connectivity index (χ0v) is 22.4. The number of nitrogens with zero attached hydrogens (tertiary/aromatic N) is 1. The summed E-state index contributed by atoms with van der Waals surface area (Å²) in [6, 6.07) is 17.6. The number of Topliss-reactive ketones (excluding diaryl/α,β-unsaturated/α-hetero) is 1. The molecule has 1 fully saturated rings. The molecule has 0 spiro atoms. The standard InChI is InChI=1S/C31H33NO5/c1-18-14-19(2)16-21(15-18)32-27(22-10-8-9-11-24(22)36-6)26(29(34)30(32)35)28(33)23-17-20(31(3,4)5)12-13-25(23)37-7/h8-17,27,33H,1-7H3/b28-26+. The van der Waals surface area contributed by atoms with Crippen LogP contribution < -0.4 is 14.4 Å². The quantitative estimate of drug-likeness (QED) is 0.255. The Morgan fingerprint density at radius 3 is 2.08 bits per heavy atom. The maximum atomic E-state index is 13.6. The molecule has 4 rings (SSSR count). The van der Waals surface area contributed by atoms with E-state index in [1.807, 2.05) is 56.3 Å². The molecule has 1 unspecified atom stereocenters. The second-order valence-corrected chi connectivity index (χ2v) is 10.4. The van der Waals surface area contributed by atoms with Gasteiger partial charge in [0.05, 0.1) is 31.4 Å². The second kappa shape index (κ2) is 9.77. The first-order valence-electron chi connectivity index (χ1n) is 12.2. The maximum absolute atomic E-state index is 13.6. The van der Waals surface area contributed by atoms with E-state index in [0.29, 0.717) is 28.3 Å². The third-order valence-electron chi connectivity index (χ3n) is 6.68. The fraction of sp³-hybridized carbons (Fsp3) is 0.290. The zero-order valence-electron chi connectivity index (χ0n) is 22.4. The van der Waals surface area contributed by atoms with Crippen LogP contribution in [-0.4, -0.2) is 31.0 Å². The molecule has 0 aromatic heterocycles. The zero-order chi connectivity index (χ0) is 27.1. The summed E-state index contributed by atoms with van der Waals surface area (Å²) in [5.41, 5.74) is 4.15. The molecular formula is C31H33NO5. The van der Waals surface area contributed by atoms with Crippen molar-refractivity contribution in [2.45, 2.75) is 46.1 Å². The van der Waals surface area contributed by atoms with Gasteiger partial charge in [0.25, 0.3) is 11.7 Å². The van der Waals surface area contributed by atoms with Gasteiger partial charge in [0.15, 0.2) is 0 Å². The Morgan fingerprint density at radius 1 is 0.865 bits per heavy atom. The Morgan fingerprint density at radius 2 is 1.49 bits per heavy atom. The predicted octanol–water partition coefficient (Wildman–Crippen LogP) is 6.24. The number of hydrogen-bond acceptors (Lipinski definition) is 5. The topological polar surface area (TPSA) is 76.1 Å². The molecule has 1 heterocycles. The van der Waals surface area contributed by atoms with Gasteiger partial charge in [-0.1, -0.05) is 51.1 Å². The summed E-state index contributed by atoms with van der Waals surface area (Å²) in [6.45, 7) is 10.1. The van der Waals surface area contributed by atoms with Crippen molar-refractivity contribution in [1.82, 2.24) is 0 Å². The summed E-state index contributed by atoms with van der Waals surface area (Å²) in [5, 5.41) is 11.7. The number of aryl methyl sites for hydroxylation is 2. The number of ketones is 1. The summed E-state index contributed by atoms with van der Waals surface area (Å²) in [6.07, 6.45) is 0. The van der Waals surface area contributed by atoms with Gasteiger partial charge in [-0.2, -0.15) is 0 Å². The molecule has 1 aliphatic heterocycles. The van der Waals surface area contributed by atoms with Crippen molar-refractivity contribution in [1.29, 1.82) is 0 Å². The molecule has 37 heavy (non-hydrogen) atoms. The molecule has 0 aliphatic carbocycles. The van der Waals surface area contributed by atoms with Gasteiger partial charge in [0, 0.05) is 11.3 Å². The number of aliphatic hydroxyl groups is 1. The van der Waals surface area contributed by atoms with Crippen molar-refractivity contribution in [2.75, 3.05) is 19.1 Å². The van der Waals surface area contributed by atoms with Gasteiger partial charge in [-0.05, 0) is 66.3 Å². The molecule has 1 N–H and O–H groups in total. The Bertz CT molecular complexity index is 1390. The third kappa shape index (κ3) is 4.71. The highest BCUT2D eigenvalue weighted by molar-refractivity contribution is 6.51. The highest BCUT2D eigenvalue weighted by Gasteiger charge is 2.48. The van der Waals surface area contributed by atoms with Crippen LogP contribution in [0.5, 0.6) is 11.5 Å². The average Bonchev–Trinajstić information content (AvgIpc) is 3.12. The Hall–Kier alpha value is -4.06. The van der Waals surface area contributed by atoms with E-state index in [-0.39, 0.29) is 16.7 Å². The highest BCUT2D eigenvalue weighted by Crippen LogP contribution is 2.46. The van der Waals surface area contributed by atoms with E-state index >= 15 is 0 Å². The van der Waals surface area contributed by atoms with Crippen LogP contribution in [-0.2, 0) is 15.0 Å². The van der Waals surface area contributed by atoms with Gasteiger partial charge in [-0.25, -0.2) is 0 Å². The lowest BCUT2D eigenvalue weighted by Gasteiger charge is -2.27. The van der Waals surface area contributed by atoms with Gasteiger partial charge < -0.3 is 14.6 Å². The number of anilines is 1. The number of carbonyl (C=O) groups excluding carboxylic acids is 2. The molecule has 3 aromatic carbocycles. The minimum atomic E-state index is -0.902. The molecule has 3 aromatic rings. The Kier molecular flexibility index (Phi) is 6.87. The van der Waals surface area contributed by atoms with Gasteiger partial charge in [-0.15, -0.1) is 0 Å². The largest absolute Gasteiger partial charge is 0.507 e. The van der Waals surface area contributed by atoms with E-state index in [9.17, 15) is 14.7 Å². The van der Waals surface area contributed by atoms with Gasteiger partial charge in [0.2, 0.25) is 0 Å². The first kappa shape index (κ1) is 26.0. The third-order valence-corrected chi connectivity index (χ3v) is 6.68. The lowest BCUT2D eigenvalue weighted by Crippen LogP contribution is -2.29. The molecule has 0 saturated carbocycles. The number of carbonyl (C=O) groups is 2. The highest BCUT2D eigenvalue weighted by atomic mass is 16.5. The van der Waals surface area contributed by atoms with E-state index in [2.05, 4.69) is 20.8 Å². The van der Waals surface area contributed by atoms with E-state index in [1.54, 1.807) is 18.2 Å². The van der Waals surface area contributed by atoms with Crippen molar-refractivity contribution < 1.29 is 24.2 Å². The number of ether oxygens (including phenoxy) is 2. The van der Waals surface area contributed by atoms with Crippen molar-refractivity contribution in [3.8, 4) is 11.5 Å². The molecule has 6 nitrogen and oxygen atoms in total. The average molecular weight is 500 g/mol. The molecule has 6 heteroatoms. The molecule has 1 atom stereocenters. The van der Waals surface area contributed by atoms with Crippen molar-refractivity contribution in [3.63, 3.8) is 0 Å². The van der Waals surface area contributed by atoms with Crippen LogP contribution in [0.1, 0.15) is 54.6 Å². The Labute approximate surface area is 218 Å². The monoisotopic (exact) mass is 499 g/mol. The van der Waals surface area contributed by atoms with Crippen LogP contribution in [0.2, 0.25) is 0 Å². The van der Waals surface area contributed by atoms with Crippen LogP contribution in [0.4, 0.5) is 5.69 Å². The fourth-order valence-electron chi connectivity index (χ4n) is 4.88. The molecule has 0 radical (unpaired) electrons. The van der Waals surface area contributed by atoms with Gasteiger partial charge in [0.1, 0.15) is 17.3 Å². The van der Waals surface area contributed by atoms with E-state index in [1.165, 1.54) is 19.1 Å². The lowest BCUT2D eigenvalue weighted by atomic mass is 9.85.